The molecule has 0 atom stereocenters. The van der Waals surface area contributed by atoms with Crippen LogP contribution in [0.25, 0.3) is 0 Å². The van der Waals surface area contributed by atoms with E-state index in [1.165, 1.54) is 0 Å². The molecule has 0 saturated carbocycles. The van der Waals surface area contributed by atoms with Crippen LogP contribution in [-0.2, 0) is 0 Å². The van der Waals surface area contributed by atoms with Gasteiger partial charge in [0.05, 0.1) is 12.8 Å². The largest absolute Gasteiger partial charge is 0.495 e. The zero-order chi connectivity index (χ0) is 17.7. The maximum Gasteiger partial charge on any atom is 0.251 e. The highest BCUT2D eigenvalue weighted by Gasteiger charge is 2.16. The number of carbonyl (C=O) groups excluding carboxylic acids is 1. The van der Waals surface area contributed by atoms with Crippen molar-refractivity contribution in [3.63, 3.8) is 0 Å². The molecule has 1 heterocycles. The lowest BCUT2D eigenvalue weighted by molar-refractivity contribution is 0.0929. The molecule has 0 bridgehead atoms. The molecule has 4 N–H and O–H groups in total. The van der Waals surface area contributed by atoms with Crippen LogP contribution in [0.3, 0.4) is 0 Å². The van der Waals surface area contributed by atoms with E-state index in [9.17, 15) is 4.79 Å². The summed E-state index contributed by atoms with van der Waals surface area (Å²) in [6.07, 6.45) is 3.69. The molecule has 0 unspecified atom stereocenters. The fourth-order valence-electron chi connectivity index (χ4n) is 2.09. The first-order valence-corrected chi connectivity index (χ1v) is 8.14. The minimum Gasteiger partial charge on any atom is -0.495 e. The van der Waals surface area contributed by atoms with Crippen LogP contribution in [0.5, 0.6) is 5.75 Å². The number of nitrogens with one attached hydrogen (secondary N) is 2. The number of anilines is 1. The van der Waals surface area contributed by atoms with Crippen LogP contribution in [0.15, 0.2) is 30.9 Å². The Bertz CT molecular complexity index is 469. The highest BCUT2D eigenvalue weighted by atomic mass is 16.5. The lowest BCUT2D eigenvalue weighted by Crippen LogP contribution is -2.42. The molecule has 0 aromatic heterocycles. The molecule has 1 fully saturated rings. The number of rotatable bonds is 3. The summed E-state index contributed by atoms with van der Waals surface area (Å²) in [5.74, 6) is 0.466. The third-order valence-electron chi connectivity index (χ3n) is 3.17. The van der Waals surface area contributed by atoms with Crippen molar-refractivity contribution in [2.24, 2.45) is 0 Å². The smallest absolute Gasteiger partial charge is 0.251 e. The number of hydrogen-bond acceptors (Lipinski definition) is 4. The van der Waals surface area contributed by atoms with Crippen molar-refractivity contribution in [2.45, 2.75) is 39.7 Å². The Balaban J connectivity index is 0.000000868. The zero-order valence-electron chi connectivity index (χ0n) is 14.8. The topological polar surface area (TPSA) is 76.4 Å². The SMILES string of the molecule is C=CC.CC.COc1cc(C(=O)NC2CCNCC2)ccc1N. The lowest BCUT2D eigenvalue weighted by atomic mass is 10.1. The number of ether oxygens (including phenoxy) is 1. The summed E-state index contributed by atoms with van der Waals surface area (Å²) < 4.78 is 5.11. The van der Waals surface area contributed by atoms with Crippen LogP contribution in [0, 0.1) is 0 Å². The third-order valence-corrected chi connectivity index (χ3v) is 3.17. The molecule has 1 aliphatic rings. The van der Waals surface area contributed by atoms with Gasteiger partial charge in [-0.05, 0) is 51.1 Å². The lowest BCUT2D eigenvalue weighted by Gasteiger charge is -2.23. The van der Waals surface area contributed by atoms with Crippen molar-refractivity contribution in [3.8, 4) is 5.75 Å². The van der Waals surface area contributed by atoms with E-state index in [0.29, 0.717) is 17.0 Å². The molecule has 0 radical (unpaired) electrons. The number of amides is 1. The van der Waals surface area contributed by atoms with Gasteiger partial charge in [-0.3, -0.25) is 4.79 Å². The number of hydrogen-bond donors (Lipinski definition) is 3. The van der Waals surface area contributed by atoms with Crippen LogP contribution in [-0.4, -0.2) is 32.1 Å². The first-order valence-electron chi connectivity index (χ1n) is 8.14. The van der Waals surface area contributed by atoms with Gasteiger partial charge in [0.2, 0.25) is 0 Å². The molecule has 1 aliphatic heterocycles. The maximum absolute atomic E-state index is 12.1. The summed E-state index contributed by atoms with van der Waals surface area (Å²) in [7, 11) is 1.54. The molecule has 0 aliphatic carbocycles. The second kappa shape index (κ2) is 12.5. The van der Waals surface area contributed by atoms with Gasteiger partial charge in [-0.1, -0.05) is 19.9 Å². The van der Waals surface area contributed by atoms with Crippen molar-refractivity contribution in [1.82, 2.24) is 10.6 Å². The van der Waals surface area contributed by atoms with E-state index in [1.54, 1.807) is 31.4 Å². The fraction of sp³-hybridized carbons (Fsp3) is 0.500. The van der Waals surface area contributed by atoms with Crippen molar-refractivity contribution in [1.29, 1.82) is 0 Å². The van der Waals surface area contributed by atoms with Crippen LogP contribution in [0.1, 0.15) is 44.0 Å². The first kappa shape index (κ1) is 21.0. The van der Waals surface area contributed by atoms with Crippen LogP contribution in [0.2, 0.25) is 0 Å². The molecular formula is C18H31N3O2. The highest BCUT2D eigenvalue weighted by molar-refractivity contribution is 5.95. The van der Waals surface area contributed by atoms with E-state index in [4.69, 9.17) is 10.5 Å². The fourth-order valence-corrected chi connectivity index (χ4v) is 2.09. The summed E-state index contributed by atoms with van der Waals surface area (Å²) in [6, 6.07) is 5.33. The first-order chi connectivity index (χ1) is 11.1. The summed E-state index contributed by atoms with van der Waals surface area (Å²) >= 11 is 0. The van der Waals surface area contributed by atoms with Crippen molar-refractivity contribution < 1.29 is 9.53 Å². The molecule has 1 aromatic carbocycles. The minimum absolute atomic E-state index is 0.0693. The average molecular weight is 321 g/mol. The monoisotopic (exact) mass is 321 g/mol. The Morgan fingerprint density at radius 2 is 1.96 bits per heavy atom. The molecule has 23 heavy (non-hydrogen) atoms. The Labute approximate surface area is 140 Å². The number of piperidine rings is 1. The van der Waals surface area contributed by atoms with Crippen molar-refractivity contribution in [2.75, 3.05) is 25.9 Å². The minimum atomic E-state index is -0.0693. The quantitative estimate of drug-likeness (QED) is 0.591. The van der Waals surface area contributed by atoms with Gasteiger partial charge in [0.1, 0.15) is 5.75 Å². The van der Waals surface area contributed by atoms with Gasteiger partial charge < -0.3 is 21.1 Å². The van der Waals surface area contributed by atoms with Gasteiger partial charge in [0.15, 0.2) is 0 Å². The number of nitrogens with two attached hydrogens (primary N) is 1. The van der Waals surface area contributed by atoms with Crippen molar-refractivity contribution in [3.05, 3.63) is 36.4 Å². The Hall–Kier alpha value is -2.01. The molecular weight excluding hydrogens is 290 g/mol. The van der Waals surface area contributed by atoms with Gasteiger partial charge in [0, 0.05) is 11.6 Å². The molecule has 1 aromatic rings. The molecule has 1 amide bonds. The number of carbonyl (C=O) groups is 1. The predicted molar refractivity (Wildman–Crippen MR) is 98.0 cm³/mol. The summed E-state index contributed by atoms with van der Waals surface area (Å²) in [5.41, 5.74) is 6.84. The predicted octanol–water partition coefficient (Wildman–Crippen LogP) is 2.98. The molecule has 0 spiro atoms. The van der Waals surface area contributed by atoms with Crippen LogP contribution < -0.4 is 21.1 Å². The van der Waals surface area contributed by atoms with E-state index in [-0.39, 0.29) is 11.9 Å². The van der Waals surface area contributed by atoms with E-state index < -0.39 is 0 Å². The summed E-state index contributed by atoms with van der Waals surface area (Å²) in [5, 5.41) is 6.30. The molecule has 2 rings (SSSR count). The Kier molecular flexibility index (Phi) is 11.4. The van der Waals surface area contributed by atoms with Crippen LogP contribution in [0.4, 0.5) is 5.69 Å². The summed E-state index contributed by atoms with van der Waals surface area (Å²) in [6.45, 7) is 11.2. The Morgan fingerprint density at radius 1 is 1.39 bits per heavy atom. The molecule has 5 heteroatoms. The van der Waals surface area contributed by atoms with Gasteiger partial charge in [-0.25, -0.2) is 0 Å². The molecule has 1 saturated heterocycles. The average Bonchev–Trinajstić information content (AvgIpc) is 2.58. The Morgan fingerprint density at radius 3 is 2.48 bits per heavy atom. The van der Waals surface area contributed by atoms with Crippen LogP contribution >= 0.6 is 0 Å². The third kappa shape index (κ3) is 7.70. The summed E-state index contributed by atoms with van der Waals surface area (Å²) in [4.78, 5) is 12.1. The highest BCUT2D eigenvalue weighted by Crippen LogP contribution is 2.22. The second-order valence-corrected chi connectivity index (χ2v) is 4.86. The molecule has 130 valence electrons. The van der Waals surface area contributed by atoms with E-state index in [0.717, 1.165) is 25.9 Å². The van der Waals surface area contributed by atoms with Crippen molar-refractivity contribution >= 4 is 11.6 Å². The number of nitrogen functional groups attached to an aromatic ring is 1. The van der Waals surface area contributed by atoms with Gasteiger partial charge in [-0.2, -0.15) is 0 Å². The zero-order valence-corrected chi connectivity index (χ0v) is 14.8. The van der Waals surface area contributed by atoms with E-state index in [1.807, 2.05) is 20.8 Å². The maximum atomic E-state index is 12.1. The standard InChI is InChI=1S/C13H19N3O2.C3H6.C2H6/c1-18-12-8-9(2-3-11(12)14)13(17)16-10-4-6-15-7-5-10;1-3-2;1-2/h2-3,8,10,15H,4-7,14H2,1H3,(H,16,17);3H,1H2,2H3;1-2H3. The van der Waals surface area contributed by atoms with Gasteiger partial charge in [0.25, 0.3) is 5.91 Å². The number of benzene rings is 1. The normalized spacial score (nSPS) is 13.6. The van der Waals surface area contributed by atoms with E-state index in [2.05, 4.69) is 17.2 Å². The van der Waals surface area contributed by atoms with Gasteiger partial charge >= 0.3 is 0 Å². The van der Waals surface area contributed by atoms with E-state index >= 15 is 0 Å². The van der Waals surface area contributed by atoms with Gasteiger partial charge in [-0.15, -0.1) is 6.58 Å². The molecule has 5 nitrogen and oxygen atoms in total. The number of methoxy groups -OCH3 is 1. The number of allylic oxidation sites excluding steroid dienone is 1. The second-order valence-electron chi connectivity index (χ2n) is 4.86.